The van der Waals surface area contributed by atoms with Gasteiger partial charge in [0.25, 0.3) is 0 Å². The van der Waals surface area contributed by atoms with Gasteiger partial charge in [-0.05, 0) is 68.6 Å². The van der Waals surface area contributed by atoms with E-state index in [1.54, 1.807) is 4.90 Å². The number of rotatable bonds is 3. The number of nitrogens with zero attached hydrogens (tertiary/aromatic N) is 2. The number of nitrogens with one attached hydrogen (secondary N) is 3. The standard InChI is InChI=1S/C25H28BN5O2/c1-25(2,3)33-24(32)31-10-7-15(8-11-31)21-13-18-22(19(26)14-28-23(18)30-21)29-17-4-5-20-16(12-17)6-9-27-20/h4-7,9,12-14,27H,8,10-11,26H2,1-3H3,(H2,28,29,30). The second-order valence-electron chi connectivity index (χ2n) is 9.57. The largest absolute Gasteiger partial charge is 0.444 e. The fourth-order valence-electron chi connectivity index (χ4n) is 4.19. The van der Waals surface area contributed by atoms with Gasteiger partial charge in [-0.2, -0.15) is 0 Å². The van der Waals surface area contributed by atoms with Gasteiger partial charge in [0.1, 0.15) is 19.1 Å². The second kappa shape index (κ2) is 8.03. The number of pyridine rings is 1. The fourth-order valence-corrected chi connectivity index (χ4v) is 4.19. The van der Waals surface area contributed by atoms with Crippen LogP contribution in [0.5, 0.6) is 0 Å². The van der Waals surface area contributed by atoms with Crippen LogP contribution in [0.1, 0.15) is 32.9 Å². The van der Waals surface area contributed by atoms with Gasteiger partial charge in [0.2, 0.25) is 0 Å². The summed E-state index contributed by atoms with van der Waals surface area (Å²) in [6.07, 6.45) is 6.43. The fraction of sp³-hybridized carbons (Fsp3) is 0.280. The Morgan fingerprint density at radius 2 is 2.09 bits per heavy atom. The van der Waals surface area contributed by atoms with Crippen molar-refractivity contribution in [2.45, 2.75) is 32.8 Å². The average molecular weight is 441 g/mol. The summed E-state index contributed by atoms with van der Waals surface area (Å²) >= 11 is 0. The van der Waals surface area contributed by atoms with Crippen LogP contribution in [0.25, 0.3) is 27.5 Å². The molecule has 0 fully saturated rings. The van der Waals surface area contributed by atoms with E-state index in [9.17, 15) is 4.79 Å². The van der Waals surface area contributed by atoms with Crippen molar-refractivity contribution in [3.63, 3.8) is 0 Å². The Bertz CT molecular complexity index is 1380. The number of carbonyl (C=O) groups is 1. The normalized spacial score (nSPS) is 14.5. The Balaban J connectivity index is 1.40. The van der Waals surface area contributed by atoms with E-state index < -0.39 is 5.60 Å². The van der Waals surface area contributed by atoms with Gasteiger partial charge < -0.3 is 24.9 Å². The highest BCUT2D eigenvalue weighted by molar-refractivity contribution is 6.37. The first-order chi connectivity index (χ1) is 15.8. The number of aromatic amines is 2. The van der Waals surface area contributed by atoms with Crippen LogP contribution in [0.15, 0.2) is 48.8 Å². The van der Waals surface area contributed by atoms with Gasteiger partial charge in [0.15, 0.2) is 0 Å². The Kier molecular flexibility index (Phi) is 5.15. The molecule has 4 aromatic rings. The Hall–Kier alpha value is -3.68. The third-order valence-electron chi connectivity index (χ3n) is 5.88. The summed E-state index contributed by atoms with van der Waals surface area (Å²) in [6.45, 7) is 6.82. The molecule has 0 unspecified atom stereocenters. The van der Waals surface area contributed by atoms with E-state index in [0.717, 1.165) is 45.5 Å². The van der Waals surface area contributed by atoms with Gasteiger partial charge in [0, 0.05) is 58.8 Å². The van der Waals surface area contributed by atoms with Crippen molar-refractivity contribution < 1.29 is 9.53 Å². The molecular weight excluding hydrogens is 413 g/mol. The summed E-state index contributed by atoms with van der Waals surface area (Å²) in [7, 11) is 2.06. The van der Waals surface area contributed by atoms with Crippen molar-refractivity contribution in [3.8, 4) is 0 Å². The number of carbonyl (C=O) groups excluding carboxylic acids is 1. The summed E-state index contributed by atoms with van der Waals surface area (Å²) < 4.78 is 5.50. The van der Waals surface area contributed by atoms with E-state index in [1.165, 1.54) is 11.0 Å². The summed E-state index contributed by atoms with van der Waals surface area (Å²) in [5.41, 5.74) is 6.85. The summed E-state index contributed by atoms with van der Waals surface area (Å²) in [6, 6.07) is 10.5. The highest BCUT2D eigenvalue weighted by Gasteiger charge is 2.24. The lowest BCUT2D eigenvalue weighted by molar-refractivity contribution is 0.0270. The molecule has 1 aliphatic heterocycles. The lowest BCUT2D eigenvalue weighted by Gasteiger charge is -2.29. The molecule has 0 saturated carbocycles. The Labute approximate surface area is 193 Å². The van der Waals surface area contributed by atoms with Crippen LogP contribution in [0.3, 0.4) is 0 Å². The molecule has 3 aromatic heterocycles. The minimum atomic E-state index is -0.489. The van der Waals surface area contributed by atoms with E-state index in [0.29, 0.717) is 13.1 Å². The number of hydrogen-bond acceptors (Lipinski definition) is 4. The van der Waals surface area contributed by atoms with Crippen molar-refractivity contribution in [1.29, 1.82) is 0 Å². The SMILES string of the molecule is Bc1cnc2[nH]c(C3=CCN(C(=O)OC(C)(C)C)CC3)cc2c1Nc1ccc2[nH]ccc2c1. The molecule has 4 heterocycles. The first kappa shape index (κ1) is 21.2. The molecule has 0 bridgehead atoms. The highest BCUT2D eigenvalue weighted by Crippen LogP contribution is 2.30. The maximum atomic E-state index is 12.4. The van der Waals surface area contributed by atoms with Gasteiger partial charge in [-0.3, -0.25) is 0 Å². The molecule has 168 valence electrons. The maximum Gasteiger partial charge on any atom is 0.410 e. The Morgan fingerprint density at radius 1 is 1.24 bits per heavy atom. The minimum Gasteiger partial charge on any atom is -0.444 e. The number of ether oxygens (including phenoxy) is 1. The highest BCUT2D eigenvalue weighted by atomic mass is 16.6. The van der Waals surface area contributed by atoms with Crippen LogP contribution in [-0.4, -0.2) is 52.5 Å². The number of anilines is 2. The van der Waals surface area contributed by atoms with Crippen LogP contribution < -0.4 is 10.8 Å². The molecule has 1 aliphatic rings. The molecule has 5 rings (SSSR count). The number of fused-ring (bicyclic) bond motifs is 2. The molecule has 1 aromatic carbocycles. The lowest BCUT2D eigenvalue weighted by atomic mass is 9.94. The van der Waals surface area contributed by atoms with Crippen LogP contribution >= 0.6 is 0 Å². The van der Waals surface area contributed by atoms with Crippen LogP contribution in [0.2, 0.25) is 0 Å². The average Bonchev–Trinajstić information content (AvgIpc) is 3.41. The molecule has 0 radical (unpaired) electrons. The van der Waals surface area contributed by atoms with Gasteiger partial charge in [-0.25, -0.2) is 9.78 Å². The first-order valence-corrected chi connectivity index (χ1v) is 11.3. The Morgan fingerprint density at radius 3 is 2.85 bits per heavy atom. The molecule has 0 aliphatic carbocycles. The second-order valence-corrected chi connectivity index (χ2v) is 9.57. The van der Waals surface area contributed by atoms with E-state index in [1.807, 2.05) is 33.2 Å². The molecule has 33 heavy (non-hydrogen) atoms. The van der Waals surface area contributed by atoms with Crippen molar-refractivity contribution in [3.05, 3.63) is 54.5 Å². The monoisotopic (exact) mass is 441 g/mol. The quantitative estimate of drug-likeness (QED) is 0.419. The summed E-state index contributed by atoms with van der Waals surface area (Å²) in [4.78, 5) is 25.4. The van der Waals surface area contributed by atoms with Crippen LogP contribution in [0.4, 0.5) is 16.2 Å². The van der Waals surface area contributed by atoms with Crippen LogP contribution in [0, 0.1) is 0 Å². The van der Waals surface area contributed by atoms with E-state index in [2.05, 4.69) is 64.5 Å². The van der Waals surface area contributed by atoms with Crippen molar-refractivity contribution >= 4 is 58.3 Å². The zero-order valence-corrected chi connectivity index (χ0v) is 19.5. The predicted molar refractivity (Wildman–Crippen MR) is 136 cm³/mol. The van der Waals surface area contributed by atoms with Crippen molar-refractivity contribution in [2.24, 2.45) is 0 Å². The maximum absolute atomic E-state index is 12.4. The van der Waals surface area contributed by atoms with Gasteiger partial charge in [-0.15, -0.1) is 0 Å². The molecular formula is C25H28BN5O2. The molecule has 3 N–H and O–H groups in total. The molecule has 0 saturated heterocycles. The molecule has 0 spiro atoms. The van der Waals surface area contributed by atoms with Gasteiger partial charge >= 0.3 is 6.09 Å². The number of amides is 1. The summed E-state index contributed by atoms with van der Waals surface area (Å²) in [5, 5.41) is 5.81. The lowest BCUT2D eigenvalue weighted by Crippen LogP contribution is -2.39. The van der Waals surface area contributed by atoms with Crippen molar-refractivity contribution in [1.82, 2.24) is 19.9 Å². The molecule has 0 atom stereocenters. The number of benzene rings is 1. The smallest absolute Gasteiger partial charge is 0.410 e. The topological polar surface area (TPSA) is 86.0 Å². The number of hydrogen-bond donors (Lipinski definition) is 3. The number of aromatic nitrogens is 3. The molecule has 8 heteroatoms. The zero-order chi connectivity index (χ0) is 23.2. The first-order valence-electron chi connectivity index (χ1n) is 11.3. The van der Waals surface area contributed by atoms with Crippen LogP contribution in [-0.2, 0) is 4.74 Å². The molecule has 7 nitrogen and oxygen atoms in total. The predicted octanol–water partition coefficient (Wildman–Crippen LogP) is 4.07. The van der Waals surface area contributed by atoms with Gasteiger partial charge in [0.05, 0.1) is 0 Å². The third kappa shape index (κ3) is 4.33. The summed E-state index contributed by atoms with van der Waals surface area (Å²) in [5.74, 6) is 0. The van der Waals surface area contributed by atoms with E-state index in [4.69, 9.17) is 4.74 Å². The van der Waals surface area contributed by atoms with Gasteiger partial charge in [-0.1, -0.05) is 6.08 Å². The third-order valence-corrected chi connectivity index (χ3v) is 5.88. The molecule has 1 amide bonds. The number of H-pyrrole nitrogens is 2. The minimum absolute atomic E-state index is 0.266. The zero-order valence-electron chi connectivity index (χ0n) is 19.5. The van der Waals surface area contributed by atoms with E-state index >= 15 is 0 Å². The van der Waals surface area contributed by atoms with Crippen molar-refractivity contribution in [2.75, 3.05) is 18.4 Å². The van der Waals surface area contributed by atoms with E-state index in [-0.39, 0.29) is 6.09 Å².